The standard InChI is InChI=1S/C16H10ClFN2O4/c17-11-3-4-13(18)14(7-11)20-15(21)9-24-16(22)10(8-19)6-12-2-1-5-23-12/h1-7H,9H2,(H,20,21)/b10-6+. The fourth-order valence-electron chi connectivity index (χ4n) is 1.64. The van der Waals surface area contributed by atoms with Crippen molar-refractivity contribution >= 4 is 35.2 Å². The first-order valence-corrected chi connectivity index (χ1v) is 6.94. The zero-order chi connectivity index (χ0) is 17.5. The van der Waals surface area contributed by atoms with E-state index in [-0.39, 0.29) is 22.0 Å². The largest absolute Gasteiger partial charge is 0.465 e. The molecule has 6 nitrogen and oxygen atoms in total. The monoisotopic (exact) mass is 348 g/mol. The molecule has 0 radical (unpaired) electrons. The molecule has 2 rings (SSSR count). The molecule has 0 fully saturated rings. The molecule has 122 valence electrons. The number of carbonyl (C=O) groups excluding carboxylic acids is 2. The minimum atomic E-state index is -1.00. The maximum Gasteiger partial charge on any atom is 0.349 e. The molecule has 24 heavy (non-hydrogen) atoms. The average molecular weight is 349 g/mol. The predicted octanol–water partition coefficient (Wildman–Crippen LogP) is 3.16. The second-order valence-electron chi connectivity index (χ2n) is 4.43. The summed E-state index contributed by atoms with van der Waals surface area (Å²) in [5.74, 6) is -2.18. The lowest BCUT2D eigenvalue weighted by Gasteiger charge is -2.07. The Balaban J connectivity index is 1.94. The molecule has 0 saturated heterocycles. The van der Waals surface area contributed by atoms with Gasteiger partial charge in [0.1, 0.15) is 23.2 Å². The van der Waals surface area contributed by atoms with Crippen molar-refractivity contribution < 1.29 is 23.1 Å². The highest BCUT2D eigenvalue weighted by atomic mass is 35.5. The van der Waals surface area contributed by atoms with Crippen molar-refractivity contribution in [3.05, 3.63) is 58.8 Å². The summed E-state index contributed by atoms with van der Waals surface area (Å²) in [5.41, 5.74) is -0.484. The van der Waals surface area contributed by atoms with E-state index in [1.165, 1.54) is 24.5 Å². The van der Waals surface area contributed by atoms with Crippen molar-refractivity contribution in [1.82, 2.24) is 0 Å². The summed E-state index contributed by atoms with van der Waals surface area (Å²) in [5, 5.41) is 11.4. The molecule has 0 unspecified atom stereocenters. The Bertz CT molecular complexity index is 825. The van der Waals surface area contributed by atoms with Gasteiger partial charge in [0.05, 0.1) is 12.0 Å². The van der Waals surface area contributed by atoms with Crippen LogP contribution in [0.2, 0.25) is 5.02 Å². The number of nitrogens with zero attached hydrogens (tertiary/aromatic N) is 1. The second-order valence-corrected chi connectivity index (χ2v) is 4.87. The number of benzene rings is 1. The average Bonchev–Trinajstić information content (AvgIpc) is 3.07. The van der Waals surface area contributed by atoms with Crippen molar-refractivity contribution in [2.24, 2.45) is 0 Å². The molecule has 0 spiro atoms. The summed E-state index contributed by atoms with van der Waals surface area (Å²) >= 11 is 5.70. The Kier molecular flexibility index (Phi) is 5.71. The molecular weight excluding hydrogens is 339 g/mol. The number of nitrogens with one attached hydrogen (secondary N) is 1. The Labute approximate surface area is 141 Å². The van der Waals surface area contributed by atoms with E-state index in [1.54, 1.807) is 18.2 Å². The van der Waals surface area contributed by atoms with E-state index < -0.39 is 24.3 Å². The van der Waals surface area contributed by atoms with Gasteiger partial charge in [-0.05, 0) is 30.3 Å². The number of anilines is 1. The number of carbonyl (C=O) groups is 2. The second kappa shape index (κ2) is 7.94. The van der Waals surface area contributed by atoms with E-state index in [0.717, 1.165) is 6.07 Å². The fourth-order valence-corrected chi connectivity index (χ4v) is 1.81. The summed E-state index contributed by atoms with van der Waals surface area (Å²) in [7, 11) is 0. The number of hydrogen-bond donors (Lipinski definition) is 1. The molecule has 1 N–H and O–H groups in total. The normalized spacial score (nSPS) is 10.8. The summed E-state index contributed by atoms with van der Waals surface area (Å²) < 4.78 is 23.2. The van der Waals surface area contributed by atoms with Crippen LogP contribution in [0.5, 0.6) is 0 Å². The SMILES string of the molecule is N#C/C(=C\c1ccco1)C(=O)OCC(=O)Nc1cc(Cl)ccc1F. The molecule has 1 aromatic heterocycles. The van der Waals surface area contributed by atoms with Crippen LogP contribution in [-0.2, 0) is 14.3 Å². The van der Waals surface area contributed by atoms with E-state index in [4.69, 9.17) is 26.0 Å². The Morgan fingerprint density at radius 1 is 1.42 bits per heavy atom. The van der Waals surface area contributed by atoms with E-state index in [1.807, 2.05) is 0 Å². The van der Waals surface area contributed by atoms with Gasteiger partial charge >= 0.3 is 5.97 Å². The molecular formula is C16H10ClFN2O4. The molecule has 2 aromatic rings. The van der Waals surface area contributed by atoms with E-state index in [2.05, 4.69) is 5.32 Å². The first-order valence-electron chi connectivity index (χ1n) is 6.57. The predicted molar refractivity (Wildman–Crippen MR) is 83.3 cm³/mol. The number of furan rings is 1. The first kappa shape index (κ1) is 17.2. The third kappa shape index (κ3) is 4.69. The number of esters is 1. The maximum atomic E-state index is 13.5. The van der Waals surface area contributed by atoms with Crippen molar-refractivity contribution in [3.63, 3.8) is 0 Å². The fraction of sp³-hybridized carbons (Fsp3) is 0.0625. The lowest BCUT2D eigenvalue weighted by molar-refractivity contribution is -0.142. The molecule has 0 atom stereocenters. The molecule has 0 aliphatic rings. The topological polar surface area (TPSA) is 92.3 Å². The number of ether oxygens (including phenoxy) is 1. The van der Waals surface area contributed by atoms with Crippen LogP contribution in [-0.4, -0.2) is 18.5 Å². The van der Waals surface area contributed by atoms with Gasteiger partial charge in [-0.1, -0.05) is 11.6 Å². The van der Waals surface area contributed by atoms with Crippen LogP contribution in [0.1, 0.15) is 5.76 Å². The number of amides is 1. The number of halogens is 2. The van der Waals surface area contributed by atoms with Crippen LogP contribution in [0.15, 0.2) is 46.6 Å². The molecule has 1 amide bonds. The van der Waals surface area contributed by atoms with Crippen LogP contribution < -0.4 is 5.32 Å². The van der Waals surface area contributed by atoms with Crippen LogP contribution in [0, 0.1) is 17.1 Å². The summed E-state index contributed by atoms with van der Waals surface area (Å²) in [6, 6.07) is 8.40. The Hall–Kier alpha value is -3.11. The Morgan fingerprint density at radius 2 is 2.21 bits per heavy atom. The van der Waals surface area contributed by atoms with E-state index in [9.17, 15) is 14.0 Å². The van der Waals surface area contributed by atoms with Gasteiger partial charge in [0.2, 0.25) is 0 Å². The zero-order valence-corrected chi connectivity index (χ0v) is 12.8. The van der Waals surface area contributed by atoms with Crippen LogP contribution in [0.4, 0.5) is 10.1 Å². The molecule has 0 aliphatic carbocycles. The highest BCUT2D eigenvalue weighted by Gasteiger charge is 2.15. The molecule has 8 heteroatoms. The highest BCUT2D eigenvalue weighted by molar-refractivity contribution is 6.30. The quantitative estimate of drug-likeness (QED) is 0.509. The summed E-state index contributed by atoms with van der Waals surface area (Å²) in [6.07, 6.45) is 2.55. The molecule has 0 saturated carbocycles. The van der Waals surface area contributed by atoms with Gasteiger partial charge in [-0.15, -0.1) is 0 Å². The van der Waals surface area contributed by atoms with E-state index >= 15 is 0 Å². The number of rotatable bonds is 5. The lowest BCUT2D eigenvalue weighted by Crippen LogP contribution is -2.21. The van der Waals surface area contributed by atoms with Crippen molar-refractivity contribution in [2.45, 2.75) is 0 Å². The number of nitriles is 1. The van der Waals surface area contributed by atoms with Crippen LogP contribution in [0.25, 0.3) is 6.08 Å². The van der Waals surface area contributed by atoms with Gasteiger partial charge in [0.15, 0.2) is 6.61 Å². The highest BCUT2D eigenvalue weighted by Crippen LogP contribution is 2.19. The minimum Gasteiger partial charge on any atom is -0.465 e. The van der Waals surface area contributed by atoms with Gasteiger partial charge in [-0.3, -0.25) is 4.79 Å². The smallest absolute Gasteiger partial charge is 0.349 e. The minimum absolute atomic E-state index is 0.143. The van der Waals surface area contributed by atoms with Crippen LogP contribution >= 0.6 is 11.6 Å². The summed E-state index contributed by atoms with van der Waals surface area (Å²) in [6.45, 7) is -0.692. The third-order valence-corrected chi connectivity index (χ3v) is 2.94. The van der Waals surface area contributed by atoms with Crippen molar-refractivity contribution in [1.29, 1.82) is 5.26 Å². The van der Waals surface area contributed by atoms with Gasteiger partial charge in [-0.2, -0.15) is 5.26 Å². The van der Waals surface area contributed by atoms with Gasteiger partial charge in [-0.25, -0.2) is 9.18 Å². The van der Waals surface area contributed by atoms with Crippen molar-refractivity contribution in [3.8, 4) is 6.07 Å². The molecule has 0 bridgehead atoms. The van der Waals surface area contributed by atoms with E-state index in [0.29, 0.717) is 0 Å². The van der Waals surface area contributed by atoms with Crippen LogP contribution in [0.3, 0.4) is 0 Å². The number of hydrogen-bond acceptors (Lipinski definition) is 5. The molecule has 1 aromatic carbocycles. The molecule has 1 heterocycles. The Morgan fingerprint density at radius 3 is 2.88 bits per heavy atom. The van der Waals surface area contributed by atoms with Crippen molar-refractivity contribution in [2.75, 3.05) is 11.9 Å². The maximum absolute atomic E-state index is 13.5. The first-order chi connectivity index (χ1) is 11.5. The molecule has 0 aliphatic heterocycles. The summed E-state index contributed by atoms with van der Waals surface area (Å²) in [4.78, 5) is 23.4. The van der Waals surface area contributed by atoms with Gasteiger partial charge < -0.3 is 14.5 Å². The zero-order valence-electron chi connectivity index (χ0n) is 12.1. The third-order valence-electron chi connectivity index (χ3n) is 2.71. The van der Waals surface area contributed by atoms with Gasteiger partial charge in [0, 0.05) is 11.1 Å². The van der Waals surface area contributed by atoms with Gasteiger partial charge in [0.25, 0.3) is 5.91 Å². The lowest BCUT2D eigenvalue weighted by atomic mass is 10.2.